The monoisotopic (exact) mass is 144 g/mol. The van der Waals surface area contributed by atoms with Gasteiger partial charge in [-0.05, 0) is 0 Å². The second kappa shape index (κ2) is 4.83. The molecule has 48 valence electrons. The first-order chi connectivity index (χ1) is 2.00. The van der Waals surface area contributed by atoms with E-state index in [0.717, 1.165) is 0 Å². The highest BCUT2D eigenvalue weighted by Gasteiger charge is 2.03. The molecule has 0 fully saturated rings. The summed E-state index contributed by atoms with van der Waals surface area (Å²) in [7, 11) is -0.389. The lowest BCUT2D eigenvalue weighted by Gasteiger charge is -1.97. The van der Waals surface area contributed by atoms with Gasteiger partial charge in [0.25, 0.3) is 0 Å². The molecule has 0 saturated heterocycles. The van der Waals surface area contributed by atoms with Gasteiger partial charge in [-0.3, -0.25) is 0 Å². The van der Waals surface area contributed by atoms with Crippen LogP contribution in [0, 0.1) is 0 Å². The zero-order valence-corrected chi connectivity index (χ0v) is 7.27. The molecular formula is C4H16ClNP+. The minimum Gasteiger partial charge on any atom is -0.344 e. The van der Waals surface area contributed by atoms with E-state index < -0.39 is 0 Å². The van der Waals surface area contributed by atoms with E-state index in [9.17, 15) is 0 Å². The van der Waals surface area contributed by atoms with Crippen molar-refractivity contribution in [3.05, 3.63) is 0 Å². The summed E-state index contributed by atoms with van der Waals surface area (Å²) in [5, 5.41) is 0. The van der Waals surface area contributed by atoms with Crippen LogP contribution in [0.4, 0.5) is 0 Å². The van der Waals surface area contributed by atoms with Crippen LogP contribution in [0.1, 0.15) is 0 Å². The number of hydrogen-bond donors (Lipinski definition) is 1. The highest BCUT2D eigenvalue weighted by molar-refractivity contribution is 7.72. The number of rotatable bonds is 0. The maximum atomic E-state index is 2.30. The molecule has 0 atom stereocenters. The maximum absolute atomic E-state index is 2.30. The standard InChI is InChI=1S/C4H12P.ClH.H3N/c1-5(2,3)4;;/h1-4H3;1H;1H3/q+1;;. The van der Waals surface area contributed by atoms with Gasteiger partial charge in [-0.25, -0.2) is 0 Å². The van der Waals surface area contributed by atoms with Crippen LogP contribution in [0.15, 0.2) is 0 Å². The molecule has 0 amide bonds. The fourth-order valence-corrected chi connectivity index (χ4v) is 0. The van der Waals surface area contributed by atoms with Crippen LogP contribution < -0.4 is 6.15 Å². The summed E-state index contributed by atoms with van der Waals surface area (Å²) in [6.07, 6.45) is 0. The van der Waals surface area contributed by atoms with Crippen LogP contribution in [-0.2, 0) is 0 Å². The van der Waals surface area contributed by atoms with Gasteiger partial charge in [0.15, 0.2) is 0 Å². The van der Waals surface area contributed by atoms with Gasteiger partial charge in [-0.2, -0.15) is 0 Å². The summed E-state index contributed by atoms with van der Waals surface area (Å²) in [5.74, 6) is 0. The lowest BCUT2D eigenvalue weighted by molar-refractivity contribution is 1.95. The van der Waals surface area contributed by atoms with Gasteiger partial charge in [-0.15, -0.1) is 12.4 Å². The van der Waals surface area contributed by atoms with E-state index in [0.29, 0.717) is 0 Å². The Labute approximate surface area is 53.2 Å². The Balaban J connectivity index is -0.0000000800. The molecule has 0 spiro atoms. The molecule has 0 heterocycles. The van der Waals surface area contributed by atoms with Gasteiger partial charge in [0.2, 0.25) is 0 Å². The maximum Gasteiger partial charge on any atom is 0.0481 e. The summed E-state index contributed by atoms with van der Waals surface area (Å²) >= 11 is 0. The Kier molecular flexibility index (Phi) is 10.8. The van der Waals surface area contributed by atoms with Crippen molar-refractivity contribution in [2.24, 2.45) is 0 Å². The Morgan fingerprint density at radius 3 is 0.857 bits per heavy atom. The third-order valence-corrected chi connectivity index (χ3v) is 0. The molecular weight excluding hydrogens is 128 g/mol. The van der Waals surface area contributed by atoms with Crippen molar-refractivity contribution in [3.8, 4) is 0 Å². The van der Waals surface area contributed by atoms with E-state index in [-0.39, 0.29) is 25.8 Å². The Morgan fingerprint density at radius 1 is 0.857 bits per heavy atom. The van der Waals surface area contributed by atoms with Gasteiger partial charge in [0.05, 0.1) is 0 Å². The van der Waals surface area contributed by atoms with Crippen molar-refractivity contribution in [1.82, 2.24) is 6.15 Å². The van der Waals surface area contributed by atoms with Crippen LogP contribution in [0.5, 0.6) is 0 Å². The lowest BCUT2D eigenvalue weighted by Crippen LogP contribution is -1.74. The molecule has 0 aliphatic heterocycles. The number of halogens is 1. The van der Waals surface area contributed by atoms with Gasteiger partial charge in [-0.1, -0.05) is 0 Å². The Bertz CT molecular complexity index is 27.2. The molecule has 0 aromatic carbocycles. The molecule has 3 N–H and O–H groups in total. The predicted octanol–water partition coefficient (Wildman–Crippen LogP) is 2.11. The van der Waals surface area contributed by atoms with Crippen molar-refractivity contribution in [2.45, 2.75) is 0 Å². The summed E-state index contributed by atoms with van der Waals surface area (Å²) in [6, 6.07) is 0. The molecule has 0 aliphatic rings. The third-order valence-electron chi connectivity index (χ3n) is 0. The smallest absolute Gasteiger partial charge is 0.0481 e. The fourth-order valence-electron chi connectivity index (χ4n) is 0. The van der Waals surface area contributed by atoms with E-state index in [1.165, 1.54) is 0 Å². The summed E-state index contributed by atoms with van der Waals surface area (Å²) in [4.78, 5) is 0. The highest BCUT2D eigenvalue weighted by atomic mass is 35.5. The van der Waals surface area contributed by atoms with E-state index >= 15 is 0 Å². The first-order valence-corrected chi connectivity index (χ1v) is 5.37. The first kappa shape index (κ1) is 15.6. The molecule has 0 aromatic rings. The summed E-state index contributed by atoms with van der Waals surface area (Å²) in [5.41, 5.74) is 0. The zero-order valence-electron chi connectivity index (χ0n) is 5.56. The molecule has 0 aromatic heterocycles. The minimum atomic E-state index is -0.389. The molecule has 0 rings (SSSR count). The van der Waals surface area contributed by atoms with Crippen LogP contribution in [0.25, 0.3) is 0 Å². The highest BCUT2D eigenvalue weighted by Crippen LogP contribution is 2.40. The summed E-state index contributed by atoms with van der Waals surface area (Å²) in [6.45, 7) is 9.19. The molecule has 1 nitrogen and oxygen atoms in total. The third kappa shape index (κ3) is 316. The largest absolute Gasteiger partial charge is 0.344 e. The lowest BCUT2D eigenvalue weighted by atomic mass is 11.8. The van der Waals surface area contributed by atoms with E-state index in [1.54, 1.807) is 0 Å². The molecule has 0 radical (unpaired) electrons. The van der Waals surface area contributed by atoms with Crippen LogP contribution in [0.3, 0.4) is 0 Å². The molecule has 3 heteroatoms. The fraction of sp³-hybridized carbons (Fsp3) is 1.00. The van der Waals surface area contributed by atoms with Crippen molar-refractivity contribution in [2.75, 3.05) is 26.7 Å². The quantitative estimate of drug-likeness (QED) is 0.520. The van der Waals surface area contributed by atoms with E-state index in [1.807, 2.05) is 0 Å². The zero-order chi connectivity index (χ0) is 4.50. The van der Waals surface area contributed by atoms with Crippen molar-refractivity contribution >= 4 is 19.7 Å². The van der Waals surface area contributed by atoms with Gasteiger partial charge in [0.1, 0.15) is 0 Å². The molecule has 0 saturated carbocycles. The van der Waals surface area contributed by atoms with Crippen molar-refractivity contribution < 1.29 is 0 Å². The average Bonchev–Trinajstić information content (AvgIpc) is 0.722. The van der Waals surface area contributed by atoms with Crippen LogP contribution in [0.2, 0.25) is 0 Å². The molecule has 7 heavy (non-hydrogen) atoms. The molecule has 0 unspecified atom stereocenters. The predicted molar refractivity (Wildman–Crippen MR) is 42.9 cm³/mol. The van der Waals surface area contributed by atoms with E-state index in [4.69, 9.17) is 0 Å². The van der Waals surface area contributed by atoms with Crippen LogP contribution in [-0.4, -0.2) is 26.7 Å². The number of hydrogen-bond acceptors (Lipinski definition) is 1. The van der Waals surface area contributed by atoms with E-state index in [2.05, 4.69) is 26.7 Å². The van der Waals surface area contributed by atoms with Crippen LogP contribution >= 0.6 is 19.7 Å². The molecule has 0 bridgehead atoms. The average molecular weight is 145 g/mol. The summed E-state index contributed by atoms with van der Waals surface area (Å²) < 4.78 is 0. The van der Waals surface area contributed by atoms with Crippen molar-refractivity contribution in [3.63, 3.8) is 0 Å². The second-order valence-corrected chi connectivity index (χ2v) is 8.05. The Hall–Kier alpha value is 0.680. The Morgan fingerprint density at radius 2 is 0.857 bits per heavy atom. The van der Waals surface area contributed by atoms with Crippen molar-refractivity contribution in [1.29, 1.82) is 0 Å². The van der Waals surface area contributed by atoms with Gasteiger partial charge < -0.3 is 6.15 Å². The minimum absolute atomic E-state index is 0. The van der Waals surface area contributed by atoms with Gasteiger partial charge in [0, 0.05) is 33.9 Å². The topological polar surface area (TPSA) is 35.0 Å². The SMILES string of the molecule is C[P+](C)(C)C.Cl.N. The van der Waals surface area contributed by atoms with Gasteiger partial charge >= 0.3 is 0 Å². The first-order valence-electron chi connectivity index (χ1n) is 1.79. The normalized spacial score (nSPS) is 8.57. The molecule has 0 aliphatic carbocycles. The second-order valence-electron chi connectivity index (χ2n) is 2.68.